The van der Waals surface area contributed by atoms with Gasteiger partial charge in [0.2, 0.25) is 0 Å². The van der Waals surface area contributed by atoms with Crippen molar-refractivity contribution in [2.24, 2.45) is 0 Å². The van der Waals surface area contributed by atoms with Crippen LogP contribution in [0.2, 0.25) is 0 Å². The van der Waals surface area contributed by atoms with Crippen molar-refractivity contribution in [1.82, 2.24) is 4.90 Å². The lowest BCUT2D eigenvalue weighted by Crippen LogP contribution is -2.47. The zero-order valence-electron chi connectivity index (χ0n) is 16.7. The maximum Gasteiger partial charge on any atom is 0.258 e. The van der Waals surface area contributed by atoms with E-state index in [1.54, 1.807) is 19.6 Å². The van der Waals surface area contributed by atoms with Gasteiger partial charge in [-0.3, -0.25) is 9.69 Å². The van der Waals surface area contributed by atoms with Crippen LogP contribution in [0.5, 0.6) is 5.75 Å². The summed E-state index contributed by atoms with van der Waals surface area (Å²) in [4.78, 5) is 17.8. The van der Waals surface area contributed by atoms with E-state index in [9.17, 15) is 4.79 Å². The van der Waals surface area contributed by atoms with Gasteiger partial charge in [0.1, 0.15) is 5.75 Å². The Kier molecular flexibility index (Phi) is 5.96. The minimum atomic E-state index is 0.0344. The first-order chi connectivity index (χ1) is 14.2. The van der Waals surface area contributed by atoms with Crippen molar-refractivity contribution in [1.29, 1.82) is 0 Å². The highest BCUT2D eigenvalue weighted by molar-refractivity contribution is 6.06. The smallest absolute Gasteiger partial charge is 0.258 e. The number of furan rings is 1. The number of methoxy groups -OCH3 is 1. The molecule has 5 nitrogen and oxygen atoms in total. The minimum Gasteiger partial charge on any atom is -0.497 e. The fourth-order valence-corrected chi connectivity index (χ4v) is 3.93. The quantitative estimate of drug-likeness (QED) is 0.617. The Morgan fingerprint density at radius 3 is 2.41 bits per heavy atom. The van der Waals surface area contributed by atoms with Crippen LogP contribution >= 0.6 is 0 Å². The molecule has 1 aromatic heterocycles. The number of amides is 1. The zero-order valence-corrected chi connectivity index (χ0v) is 16.7. The molecule has 150 valence electrons. The maximum absolute atomic E-state index is 13.4. The summed E-state index contributed by atoms with van der Waals surface area (Å²) in [5, 5.41) is 0. The molecule has 0 N–H and O–H groups in total. The van der Waals surface area contributed by atoms with E-state index in [1.165, 1.54) is 5.56 Å². The lowest BCUT2D eigenvalue weighted by Gasteiger charge is -2.38. The van der Waals surface area contributed by atoms with Crippen LogP contribution in [-0.4, -0.2) is 37.0 Å². The molecule has 3 aromatic rings. The summed E-state index contributed by atoms with van der Waals surface area (Å²) < 4.78 is 10.4. The molecule has 1 fully saturated rings. The van der Waals surface area contributed by atoms with E-state index < -0.39 is 0 Å². The van der Waals surface area contributed by atoms with Gasteiger partial charge in [-0.15, -0.1) is 0 Å². The topological polar surface area (TPSA) is 45.9 Å². The molecular formula is C24H26N2O3. The molecular weight excluding hydrogens is 364 g/mol. The number of anilines is 1. The van der Waals surface area contributed by atoms with Crippen molar-refractivity contribution in [3.05, 3.63) is 84.3 Å². The predicted molar refractivity (Wildman–Crippen MR) is 113 cm³/mol. The number of likely N-dealkylation sites (tertiary alicyclic amines) is 1. The molecule has 0 unspecified atom stereocenters. The number of hydrogen-bond donors (Lipinski definition) is 0. The highest BCUT2D eigenvalue weighted by atomic mass is 16.5. The lowest BCUT2D eigenvalue weighted by molar-refractivity contribution is 0.0958. The van der Waals surface area contributed by atoms with Crippen molar-refractivity contribution < 1.29 is 13.9 Å². The van der Waals surface area contributed by atoms with E-state index in [1.807, 2.05) is 65.6 Å². The third-order valence-corrected chi connectivity index (χ3v) is 5.50. The SMILES string of the molecule is COc1ccc(C(=O)N(c2ccccc2)C2CCN(Cc3ccoc3)CC2)cc1. The van der Waals surface area contributed by atoms with Crippen LogP contribution in [0.4, 0.5) is 5.69 Å². The van der Waals surface area contributed by atoms with Crippen LogP contribution in [0.1, 0.15) is 28.8 Å². The Morgan fingerprint density at radius 1 is 1.07 bits per heavy atom. The Bertz CT molecular complexity index is 899. The summed E-state index contributed by atoms with van der Waals surface area (Å²) in [6.07, 6.45) is 5.39. The summed E-state index contributed by atoms with van der Waals surface area (Å²) in [6.45, 7) is 2.80. The summed E-state index contributed by atoms with van der Waals surface area (Å²) in [6, 6.07) is 19.5. The first-order valence-electron chi connectivity index (χ1n) is 10.0. The van der Waals surface area contributed by atoms with Gasteiger partial charge in [0.15, 0.2) is 0 Å². The maximum atomic E-state index is 13.4. The van der Waals surface area contributed by atoms with Crippen LogP contribution in [0.3, 0.4) is 0 Å². The zero-order chi connectivity index (χ0) is 20.1. The summed E-state index contributed by atoms with van der Waals surface area (Å²) >= 11 is 0. The molecule has 0 atom stereocenters. The van der Waals surface area contributed by atoms with Gasteiger partial charge >= 0.3 is 0 Å². The summed E-state index contributed by atoms with van der Waals surface area (Å²) in [5.41, 5.74) is 2.81. The second-order valence-corrected chi connectivity index (χ2v) is 7.38. The van der Waals surface area contributed by atoms with Gasteiger partial charge in [0, 0.05) is 42.5 Å². The molecule has 1 saturated heterocycles. The number of benzene rings is 2. The molecule has 1 aliphatic heterocycles. The van der Waals surface area contributed by atoms with E-state index >= 15 is 0 Å². The summed E-state index contributed by atoms with van der Waals surface area (Å²) in [7, 11) is 1.63. The molecule has 1 aliphatic rings. The second kappa shape index (κ2) is 8.97. The van der Waals surface area contributed by atoms with Crippen molar-refractivity contribution in [2.75, 3.05) is 25.1 Å². The van der Waals surface area contributed by atoms with Crippen LogP contribution < -0.4 is 9.64 Å². The van der Waals surface area contributed by atoms with E-state index in [0.29, 0.717) is 5.56 Å². The fraction of sp³-hybridized carbons (Fsp3) is 0.292. The van der Waals surface area contributed by atoms with Gasteiger partial charge in [-0.05, 0) is 55.3 Å². The van der Waals surface area contributed by atoms with Crippen molar-refractivity contribution >= 4 is 11.6 Å². The molecule has 0 radical (unpaired) electrons. The van der Waals surface area contributed by atoms with Gasteiger partial charge in [0.05, 0.1) is 19.6 Å². The highest BCUT2D eigenvalue weighted by Gasteiger charge is 2.30. The molecule has 1 amide bonds. The number of ether oxygens (including phenoxy) is 1. The first kappa shape index (κ1) is 19.3. The Morgan fingerprint density at radius 2 is 1.79 bits per heavy atom. The molecule has 0 spiro atoms. The molecule has 2 aromatic carbocycles. The van der Waals surface area contributed by atoms with Crippen molar-refractivity contribution in [3.63, 3.8) is 0 Å². The van der Waals surface area contributed by atoms with Crippen LogP contribution in [0, 0.1) is 0 Å². The predicted octanol–water partition coefficient (Wildman–Crippen LogP) is 4.60. The lowest BCUT2D eigenvalue weighted by atomic mass is 10.0. The molecule has 5 heteroatoms. The van der Waals surface area contributed by atoms with Crippen LogP contribution in [0.15, 0.2) is 77.6 Å². The largest absolute Gasteiger partial charge is 0.497 e. The van der Waals surface area contributed by atoms with E-state index in [2.05, 4.69) is 4.90 Å². The number of hydrogen-bond acceptors (Lipinski definition) is 4. The highest BCUT2D eigenvalue weighted by Crippen LogP contribution is 2.27. The molecule has 0 bridgehead atoms. The van der Waals surface area contributed by atoms with Gasteiger partial charge in [-0.1, -0.05) is 18.2 Å². The first-order valence-corrected chi connectivity index (χ1v) is 10.0. The van der Waals surface area contributed by atoms with E-state index in [0.717, 1.165) is 43.9 Å². The Hall–Kier alpha value is -3.05. The minimum absolute atomic E-state index is 0.0344. The van der Waals surface area contributed by atoms with Crippen molar-refractivity contribution in [2.45, 2.75) is 25.4 Å². The number of carbonyl (C=O) groups excluding carboxylic acids is 1. The third kappa shape index (κ3) is 4.51. The van der Waals surface area contributed by atoms with Crippen LogP contribution in [0.25, 0.3) is 0 Å². The van der Waals surface area contributed by atoms with Gasteiger partial charge in [-0.25, -0.2) is 0 Å². The molecule has 0 aliphatic carbocycles. The molecule has 2 heterocycles. The number of nitrogens with zero attached hydrogens (tertiary/aromatic N) is 2. The monoisotopic (exact) mass is 390 g/mol. The second-order valence-electron chi connectivity index (χ2n) is 7.38. The average Bonchev–Trinajstić information content (AvgIpc) is 3.29. The van der Waals surface area contributed by atoms with E-state index in [4.69, 9.17) is 9.15 Å². The standard InChI is InChI=1S/C24H26N2O3/c1-28-23-9-7-20(8-10-23)24(27)26(21-5-3-2-4-6-21)22-11-14-25(15-12-22)17-19-13-16-29-18-19/h2-10,13,16,18,22H,11-12,14-15,17H2,1H3. The summed E-state index contributed by atoms with van der Waals surface area (Å²) in [5.74, 6) is 0.785. The fourth-order valence-electron chi connectivity index (χ4n) is 3.93. The number of para-hydroxylation sites is 1. The van der Waals surface area contributed by atoms with Gasteiger partial charge in [-0.2, -0.15) is 0 Å². The number of piperidine rings is 1. The van der Waals surface area contributed by atoms with E-state index in [-0.39, 0.29) is 11.9 Å². The normalized spacial score (nSPS) is 15.2. The number of carbonyl (C=O) groups is 1. The third-order valence-electron chi connectivity index (χ3n) is 5.50. The van der Waals surface area contributed by atoms with Gasteiger partial charge < -0.3 is 14.1 Å². The molecule has 0 saturated carbocycles. The van der Waals surface area contributed by atoms with Crippen LogP contribution in [-0.2, 0) is 6.54 Å². The van der Waals surface area contributed by atoms with Crippen molar-refractivity contribution in [3.8, 4) is 5.75 Å². The Labute approximate surface area is 171 Å². The average molecular weight is 390 g/mol. The molecule has 4 rings (SSSR count). The Balaban J connectivity index is 1.51. The number of rotatable bonds is 6. The van der Waals surface area contributed by atoms with Gasteiger partial charge in [0.25, 0.3) is 5.91 Å². The molecule has 29 heavy (non-hydrogen) atoms.